The number of hydrogen-bond donors (Lipinski definition) is 3. The fraction of sp³-hybridized carbons (Fsp3) is 0.318. The van der Waals surface area contributed by atoms with Crippen molar-refractivity contribution in [2.75, 3.05) is 7.11 Å². The summed E-state index contributed by atoms with van der Waals surface area (Å²) >= 11 is 0. The molecule has 152 valence electrons. The molecule has 1 fully saturated rings. The first-order valence-corrected chi connectivity index (χ1v) is 9.40. The molecule has 0 heterocycles. The Hall–Kier alpha value is -3.35. The molecule has 0 radical (unpaired) electrons. The van der Waals surface area contributed by atoms with Crippen molar-refractivity contribution in [2.45, 2.75) is 37.8 Å². The van der Waals surface area contributed by atoms with Gasteiger partial charge in [-0.2, -0.15) is 0 Å². The minimum Gasteiger partial charge on any atom is -0.497 e. The van der Waals surface area contributed by atoms with Crippen LogP contribution in [0.2, 0.25) is 0 Å². The van der Waals surface area contributed by atoms with E-state index in [9.17, 15) is 19.5 Å². The predicted octanol–water partition coefficient (Wildman–Crippen LogP) is 2.71. The van der Waals surface area contributed by atoms with Crippen LogP contribution in [-0.4, -0.2) is 36.0 Å². The van der Waals surface area contributed by atoms with Crippen LogP contribution in [0.1, 0.15) is 52.5 Å². The third-order valence-corrected chi connectivity index (χ3v) is 4.92. The number of carboxylic acids is 1. The number of aliphatic carboxylic acids is 1. The third-order valence-electron chi connectivity index (χ3n) is 4.92. The second-order valence-corrected chi connectivity index (χ2v) is 7.41. The Morgan fingerprint density at radius 1 is 1.07 bits per heavy atom. The van der Waals surface area contributed by atoms with Gasteiger partial charge >= 0.3 is 5.97 Å². The quantitative estimate of drug-likeness (QED) is 0.636. The molecule has 3 rings (SSSR count). The van der Waals surface area contributed by atoms with Gasteiger partial charge in [-0.15, -0.1) is 0 Å². The van der Waals surface area contributed by atoms with Crippen LogP contribution in [0, 0.1) is 0 Å². The van der Waals surface area contributed by atoms with Gasteiger partial charge in [0.25, 0.3) is 11.8 Å². The first kappa shape index (κ1) is 20.4. The summed E-state index contributed by atoms with van der Waals surface area (Å²) in [6.07, 6.45) is 1.70. The highest BCUT2D eigenvalue weighted by Gasteiger charge is 2.32. The Bertz CT molecular complexity index is 921. The molecule has 2 amide bonds. The highest BCUT2D eigenvalue weighted by Crippen LogP contribution is 2.28. The molecule has 1 saturated carbocycles. The van der Waals surface area contributed by atoms with E-state index in [1.54, 1.807) is 55.5 Å². The van der Waals surface area contributed by atoms with Crippen LogP contribution in [0.4, 0.5) is 0 Å². The molecule has 0 bridgehead atoms. The maximum absolute atomic E-state index is 12.8. The highest BCUT2D eigenvalue weighted by atomic mass is 16.5. The van der Waals surface area contributed by atoms with Gasteiger partial charge in [-0.25, -0.2) is 0 Å². The van der Waals surface area contributed by atoms with Crippen molar-refractivity contribution in [1.29, 1.82) is 0 Å². The second kappa shape index (κ2) is 8.34. The van der Waals surface area contributed by atoms with E-state index in [-0.39, 0.29) is 18.4 Å². The summed E-state index contributed by atoms with van der Waals surface area (Å²) < 4.78 is 5.21. The van der Waals surface area contributed by atoms with Gasteiger partial charge in [-0.1, -0.05) is 12.1 Å². The number of rotatable bonds is 8. The van der Waals surface area contributed by atoms with E-state index in [1.807, 2.05) is 0 Å². The number of ether oxygens (including phenoxy) is 1. The van der Waals surface area contributed by atoms with Gasteiger partial charge in [0.15, 0.2) is 0 Å². The molecular weight excluding hydrogens is 372 g/mol. The Labute approximate surface area is 169 Å². The SMILES string of the molecule is COc1cccc(C(C)(CC(=O)O)NC(=O)c2ccc(C(=O)NC3CC3)cc2)c1. The van der Waals surface area contributed by atoms with Crippen molar-refractivity contribution >= 4 is 17.8 Å². The maximum Gasteiger partial charge on any atom is 0.306 e. The van der Waals surface area contributed by atoms with E-state index < -0.39 is 17.4 Å². The molecule has 3 N–H and O–H groups in total. The van der Waals surface area contributed by atoms with Crippen LogP contribution in [0.3, 0.4) is 0 Å². The summed E-state index contributed by atoms with van der Waals surface area (Å²) in [5, 5.41) is 15.1. The normalized spacial score (nSPS) is 15.1. The molecule has 0 saturated heterocycles. The lowest BCUT2D eigenvalue weighted by Gasteiger charge is -2.30. The molecular formula is C22H24N2O5. The van der Waals surface area contributed by atoms with Gasteiger partial charge in [0.1, 0.15) is 5.75 Å². The molecule has 1 atom stereocenters. The van der Waals surface area contributed by atoms with E-state index >= 15 is 0 Å². The van der Waals surface area contributed by atoms with Crippen molar-refractivity contribution in [3.8, 4) is 5.75 Å². The van der Waals surface area contributed by atoms with Gasteiger partial charge in [0, 0.05) is 17.2 Å². The first-order chi connectivity index (χ1) is 13.8. The van der Waals surface area contributed by atoms with Crippen LogP contribution in [0.15, 0.2) is 48.5 Å². The number of benzene rings is 2. The van der Waals surface area contributed by atoms with Crippen molar-refractivity contribution in [1.82, 2.24) is 10.6 Å². The Morgan fingerprint density at radius 2 is 1.69 bits per heavy atom. The number of carboxylic acid groups (broad SMARTS) is 1. The van der Waals surface area contributed by atoms with Crippen molar-refractivity contribution in [2.24, 2.45) is 0 Å². The summed E-state index contributed by atoms with van der Waals surface area (Å²) in [5.74, 6) is -1.06. The minimum absolute atomic E-state index is 0.161. The first-order valence-electron chi connectivity index (χ1n) is 9.40. The predicted molar refractivity (Wildman–Crippen MR) is 107 cm³/mol. The monoisotopic (exact) mass is 396 g/mol. The average molecular weight is 396 g/mol. The van der Waals surface area contributed by atoms with E-state index in [4.69, 9.17) is 4.74 Å². The highest BCUT2D eigenvalue weighted by molar-refractivity contribution is 5.98. The van der Waals surface area contributed by atoms with Gasteiger partial charge < -0.3 is 20.5 Å². The van der Waals surface area contributed by atoms with E-state index in [2.05, 4.69) is 10.6 Å². The van der Waals surface area contributed by atoms with Gasteiger partial charge in [0.2, 0.25) is 0 Å². The number of methoxy groups -OCH3 is 1. The van der Waals surface area contributed by atoms with Gasteiger partial charge in [-0.3, -0.25) is 14.4 Å². The molecule has 2 aromatic carbocycles. The second-order valence-electron chi connectivity index (χ2n) is 7.41. The summed E-state index contributed by atoms with van der Waals surface area (Å²) in [6, 6.07) is 13.5. The lowest BCUT2D eigenvalue weighted by Crippen LogP contribution is -2.45. The largest absolute Gasteiger partial charge is 0.497 e. The summed E-state index contributed by atoms with van der Waals surface area (Å²) in [6.45, 7) is 1.66. The fourth-order valence-corrected chi connectivity index (χ4v) is 3.08. The van der Waals surface area contributed by atoms with Crippen LogP contribution in [0.5, 0.6) is 5.75 Å². The average Bonchev–Trinajstić information content (AvgIpc) is 3.51. The fourth-order valence-electron chi connectivity index (χ4n) is 3.08. The molecule has 1 aliphatic carbocycles. The Kier molecular flexibility index (Phi) is 5.87. The topological polar surface area (TPSA) is 105 Å². The Morgan fingerprint density at radius 3 is 2.24 bits per heavy atom. The smallest absolute Gasteiger partial charge is 0.306 e. The van der Waals surface area contributed by atoms with E-state index in [1.165, 1.54) is 7.11 Å². The Balaban J connectivity index is 1.78. The number of carbonyl (C=O) groups is 3. The van der Waals surface area contributed by atoms with E-state index in [0.29, 0.717) is 22.4 Å². The third kappa shape index (κ3) is 5.13. The van der Waals surface area contributed by atoms with Crippen LogP contribution in [0.25, 0.3) is 0 Å². The standard InChI is InChI=1S/C22H24N2O5/c1-22(13-19(25)26,16-4-3-5-18(12-16)29-2)24-21(28)15-8-6-14(7-9-15)20(27)23-17-10-11-17/h3-9,12,17H,10-11,13H2,1-2H3,(H,23,27)(H,24,28)(H,25,26). The van der Waals surface area contributed by atoms with Crippen LogP contribution >= 0.6 is 0 Å². The van der Waals surface area contributed by atoms with Gasteiger partial charge in [0.05, 0.1) is 19.1 Å². The van der Waals surface area contributed by atoms with Crippen molar-refractivity contribution < 1.29 is 24.2 Å². The lowest BCUT2D eigenvalue weighted by molar-refractivity contribution is -0.138. The minimum atomic E-state index is -1.14. The molecule has 1 unspecified atom stereocenters. The zero-order valence-electron chi connectivity index (χ0n) is 16.4. The van der Waals surface area contributed by atoms with Crippen LogP contribution < -0.4 is 15.4 Å². The molecule has 29 heavy (non-hydrogen) atoms. The maximum atomic E-state index is 12.8. The number of amides is 2. The zero-order chi connectivity index (χ0) is 21.0. The summed E-state index contributed by atoms with van der Waals surface area (Å²) in [4.78, 5) is 36.3. The molecule has 0 aromatic heterocycles. The number of hydrogen-bond acceptors (Lipinski definition) is 4. The van der Waals surface area contributed by atoms with Crippen molar-refractivity contribution in [3.63, 3.8) is 0 Å². The van der Waals surface area contributed by atoms with Crippen LogP contribution in [-0.2, 0) is 10.3 Å². The molecule has 1 aliphatic rings. The lowest BCUT2D eigenvalue weighted by atomic mass is 9.88. The molecule has 0 aliphatic heterocycles. The summed E-state index contributed by atoms with van der Waals surface area (Å²) in [5.41, 5.74) is 0.300. The molecule has 2 aromatic rings. The molecule has 7 nitrogen and oxygen atoms in total. The zero-order valence-corrected chi connectivity index (χ0v) is 16.4. The van der Waals surface area contributed by atoms with Gasteiger partial charge in [-0.05, 0) is 61.7 Å². The molecule has 7 heteroatoms. The summed E-state index contributed by atoms with van der Waals surface area (Å²) in [7, 11) is 1.52. The van der Waals surface area contributed by atoms with E-state index in [0.717, 1.165) is 12.8 Å². The number of carbonyl (C=O) groups excluding carboxylic acids is 2. The molecule has 0 spiro atoms. The van der Waals surface area contributed by atoms with Crippen molar-refractivity contribution in [3.05, 3.63) is 65.2 Å². The number of nitrogens with one attached hydrogen (secondary N) is 2.